The van der Waals surface area contributed by atoms with E-state index in [0.717, 1.165) is 11.5 Å². The molecule has 0 amide bonds. The number of nitrogens with zero attached hydrogens (tertiary/aromatic N) is 6. The number of hydrogen-bond donors (Lipinski definition) is 1. The molecule has 0 radical (unpaired) electrons. The number of nitrogens with one attached hydrogen (secondary N) is 1. The van der Waals surface area contributed by atoms with E-state index in [4.69, 9.17) is 0 Å². The van der Waals surface area contributed by atoms with Gasteiger partial charge in [-0.25, -0.2) is 15.0 Å². The van der Waals surface area contributed by atoms with Crippen LogP contribution < -0.4 is 5.32 Å². The molecule has 1 atom stereocenters. The second kappa shape index (κ2) is 6.19. The number of hydrogen-bond acceptors (Lipinski definition) is 6. The molecule has 7 nitrogen and oxygen atoms in total. The summed E-state index contributed by atoms with van der Waals surface area (Å²) >= 11 is 0. The summed E-state index contributed by atoms with van der Waals surface area (Å²) in [6.07, 6.45) is 6.65. The van der Waals surface area contributed by atoms with Gasteiger partial charge in [-0.1, -0.05) is 6.07 Å². The van der Waals surface area contributed by atoms with Gasteiger partial charge in [-0.05, 0) is 25.1 Å². The minimum atomic E-state index is -0.00156. The zero-order valence-electron chi connectivity index (χ0n) is 11.6. The van der Waals surface area contributed by atoms with Crippen LogP contribution in [0, 0.1) is 0 Å². The molecule has 0 spiro atoms. The minimum Gasteiger partial charge on any atom is -0.302 e. The second-order valence-corrected chi connectivity index (χ2v) is 4.50. The van der Waals surface area contributed by atoms with Crippen LogP contribution in [-0.2, 0) is 6.54 Å². The van der Waals surface area contributed by atoms with Crippen LogP contribution in [0.1, 0.15) is 24.5 Å². The fourth-order valence-corrected chi connectivity index (χ4v) is 1.95. The van der Waals surface area contributed by atoms with Crippen LogP contribution in [-0.4, -0.2) is 29.7 Å². The Kier molecular flexibility index (Phi) is 3.92. The zero-order chi connectivity index (χ0) is 14.5. The molecule has 7 heteroatoms. The summed E-state index contributed by atoms with van der Waals surface area (Å²) in [4.78, 5) is 17.0. The van der Waals surface area contributed by atoms with Gasteiger partial charge in [-0.3, -0.25) is 4.98 Å². The van der Waals surface area contributed by atoms with Crippen LogP contribution in [0.2, 0.25) is 0 Å². The molecule has 0 fully saturated rings. The standard InChI is InChI=1S/C14H15N7/c1-11(18-9-12-5-2-3-6-15-12)13-19-10-20-21(13)14-16-7-4-8-17-14/h2-8,10-11,18H,9H2,1H3. The maximum atomic E-state index is 4.29. The molecule has 21 heavy (non-hydrogen) atoms. The van der Waals surface area contributed by atoms with E-state index >= 15 is 0 Å². The molecule has 0 aliphatic rings. The molecular formula is C14H15N7. The molecule has 0 saturated carbocycles. The highest BCUT2D eigenvalue weighted by Crippen LogP contribution is 2.12. The quantitative estimate of drug-likeness (QED) is 0.759. The Morgan fingerprint density at radius 2 is 1.86 bits per heavy atom. The summed E-state index contributed by atoms with van der Waals surface area (Å²) in [5.41, 5.74) is 0.978. The van der Waals surface area contributed by atoms with E-state index < -0.39 is 0 Å². The lowest BCUT2D eigenvalue weighted by molar-refractivity contribution is 0.523. The Balaban J connectivity index is 1.74. The van der Waals surface area contributed by atoms with Gasteiger partial charge in [-0.2, -0.15) is 9.78 Å². The lowest BCUT2D eigenvalue weighted by atomic mass is 10.3. The normalized spacial score (nSPS) is 12.2. The highest BCUT2D eigenvalue weighted by atomic mass is 15.4. The summed E-state index contributed by atoms with van der Waals surface area (Å²) in [6.45, 7) is 2.68. The van der Waals surface area contributed by atoms with Crippen LogP contribution >= 0.6 is 0 Å². The average Bonchev–Trinajstić information content (AvgIpc) is 3.04. The van der Waals surface area contributed by atoms with Gasteiger partial charge in [0.25, 0.3) is 5.95 Å². The summed E-state index contributed by atoms with van der Waals surface area (Å²) in [5.74, 6) is 1.27. The van der Waals surface area contributed by atoms with Gasteiger partial charge in [0.15, 0.2) is 5.82 Å². The highest BCUT2D eigenvalue weighted by Gasteiger charge is 2.15. The van der Waals surface area contributed by atoms with Crippen LogP contribution in [0.4, 0.5) is 0 Å². The molecule has 3 heterocycles. The SMILES string of the molecule is CC(NCc1ccccn1)c1ncnn1-c1ncccn1. The van der Waals surface area contributed by atoms with E-state index in [1.807, 2.05) is 25.1 Å². The van der Waals surface area contributed by atoms with E-state index in [1.165, 1.54) is 6.33 Å². The van der Waals surface area contributed by atoms with Crippen LogP contribution in [0.3, 0.4) is 0 Å². The third-order valence-electron chi connectivity index (χ3n) is 3.02. The first-order valence-electron chi connectivity index (χ1n) is 6.65. The van der Waals surface area contributed by atoms with Gasteiger partial charge < -0.3 is 5.32 Å². The molecule has 0 saturated heterocycles. The summed E-state index contributed by atoms with van der Waals surface area (Å²) in [7, 11) is 0. The first-order chi connectivity index (χ1) is 10.3. The Bertz CT molecular complexity index is 681. The van der Waals surface area contributed by atoms with Crippen molar-refractivity contribution in [2.24, 2.45) is 0 Å². The second-order valence-electron chi connectivity index (χ2n) is 4.50. The minimum absolute atomic E-state index is 0.00156. The van der Waals surface area contributed by atoms with Crippen molar-refractivity contribution in [3.8, 4) is 5.95 Å². The van der Waals surface area contributed by atoms with Gasteiger partial charge in [0.2, 0.25) is 0 Å². The molecule has 3 aromatic rings. The number of aromatic nitrogens is 6. The molecule has 1 unspecified atom stereocenters. The third-order valence-corrected chi connectivity index (χ3v) is 3.02. The van der Waals surface area contributed by atoms with Crippen LogP contribution in [0.25, 0.3) is 5.95 Å². The molecule has 0 aliphatic heterocycles. The molecule has 1 N–H and O–H groups in total. The van der Waals surface area contributed by atoms with Crippen LogP contribution in [0.15, 0.2) is 49.2 Å². The molecule has 0 aliphatic carbocycles. The van der Waals surface area contributed by atoms with E-state index in [2.05, 4.69) is 30.4 Å². The van der Waals surface area contributed by atoms with E-state index in [9.17, 15) is 0 Å². The number of pyridine rings is 1. The molecular weight excluding hydrogens is 266 g/mol. The summed E-state index contributed by atoms with van der Waals surface area (Å²) < 4.78 is 1.64. The van der Waals surface area contributed by atoms with Gasteiger partial charge in [0, 0.05) is 25.1 Å². The van der Waals surface area contributed by atoms with E-state index in [1.54, 1.807) is 29.3 Å². The zero-order valence-corrected chi connectivity index (χ0v) is 11.6. The smallest absolute Gasteiger partial charge is 0.252 e. The van der Waals surface area contributed by atoms with Crippen molar-refractivity contribution in [3.05, 3.63) is 60.7 Å². The van der Waals surface area contributed by atoms with Crippen molar-refractivity contribution in [2.75, 3.05) is 0 Å². The molecule has 3 rings (SSSR count). The van der Waals surface area contributed by atoms with Gasteiger partial charge in [0.1, 0.15) is 6.33 Å². The van der Waals surface area contributed by atoms with Crippen molar-refractivity contribution in [1.29, 1.82) is 0 Å². The predicted octanol–water partition coefficient (Wildman–Crippen LogP) is 1.30. The molecule has 3 aromatic heterocycles. The van der Waals surface area contributed by atoms with Gasteiger partial charge in [-0.15, -0.1) is 0 Å². The lowest BCUT2D eigenvalue weighted by Gasteiger charge is -2.13. The summed E-state index contributed by atoms with van der Waals surface area (Å²) in [6, 6.07) is 7.61. The van der Waals surface area contributed by atoms with Crippen LogP contribution in [0.5, 0.6) is 0 Å². The first kappa shape index (κ1) is 13.3. The van der Waals surface area contributed by atoms with E-state index in [-0.39, 0.29) is 6.04 Å². The Morgan fingerprint density at radius 1 is 1.05 bits per heavy atom. The van der Waals surface area contributed by atoms with Gasteiger partial charge in [0.05, 0.1) is 11.7 Å². The van der Waals surface area contributed by atoms with Crippen molar-refractivity contribution in [1.82, 2.24) is 35.0 Å². The van der Waals surface area contributed by atoms with Gasteiger partial charge >= 0.3 is 0 Å². The number of rotatable bonds is 5. The van der Waals surface area contributed by atoms with E-state index in [0.29, 0.717) is 12.5 Å². The average molecular weight is 281 g/mol. The van der Waals surface area contributed by atoms with Crippen molar-refractivity contribution < 1.29 is 0 Å². The lowest BCUT2D eigenvalue weighted by Crippen LogP contribution is -2.22. The van der Waals surface area contributed by atoms with Crippen molar-refractivity contribution in [2.45, 2.75) is 19.5 Å². The maximum absolute atomic E-state index is 4.29. The van der Waals surface area contributed by atoms with Crippen molar-refractivity contribution in [3.63, 3.8) is 0 Å². The highest BCUT2D eigenvalue weighted by molar-refractivity contribution is 5.12. The fourth-order valence-electron chi connectivity index (χ4n) is 1.95. The molecule has 0 bridgehead atoms. The largest absolute Gasteiger partial charge is 0.302 e. The summed E-state index contributed by atoms with van der Waals surface area (Å²) in [5, 5.41) is 7.56. The molecule has 106 valence electrons. The third kappa shape index (κ3) is 3.09. The maximum Gasteiger partial charge on any atom is 0.252 e. The first-order valence-corrected chi connectivity index (χ1v) is 6.65. The Morgan fingerprint density at radius 3 is 2.62 bits per heavy atom. The molecule has 0 aromatic carbocycles. The Labute approximate surface area is 122 Å². The predicted molar refractivity (Wildman–Crippen MR) is 76.4 cm³/mol. The Hall–Kier alpha value is -2.67. The van der Waals surface area contributed by atoms with Crippen molar-refractivity contribution >= 4 is 0 Å². The fraction of sp³-hybridized carbons (Fsp3) is 0.214. The topological polar surface area (TPSA) is 81.4 Å². The monoisotopic (exact) mass is 281 g/mol.